The molecule has 1 atom stereocenters. The third-order valence-corrected chi connectivity index (χ3v) is 3.77. The minimum atomic E-state index is -0.454. The van der Waals surface area contributed by atoms with Gasteiger partial charge in [0.15, 0.2) is 0 Å². The van der Waals surface area contributed by atoms with Crippen LogP contribution >= 0.6 is 0 Å². The van der Waals surface area contributed by atoms with Crippen LogP contribution in [0.25, 0.3) is 10.8 Å². The summed E-state index contributed by atoms with van der Waals surface area (Å²) in [6, 6.07) is 6.58. The summed E-state index contributed by atoms with van der Waals surface area (Å²) in [5.41, 5.74) is -0.189. The third-order valence-electron chi connectivity index (χ3n) is 3.77. The van der Waals surface area contributed by atoms with Gasteiger partial charge >= 0.3 is 0 Å². The first-order chi connectivity index (χ1) is 9.66. The van der Waals surface area contributed by atoms with E-state index in [-0.39, 0.29) is 11.2 Å². The summed E-state index contributed by atoms with van der Waals surface area (Å²) in [4.78, 5) is 22.9. The van der Waals surface area contributed by atoms with Gasteiger partial charge in [-0.2, -0.15) is 0 Å². The van der Waals surface area contributed by atoms with Crippen LogP contribution in [-0.2, 0) is 6.54 Å². The van der Waals surface area contributed by atoms with Gasteiger partial charge in [-0.1, -0.05) is 6.07 Å². The highest BCUT2D eigenvalue weighted by Crippen LogP contribution is 2.22. The fraction of sp³-hybridized carbons (Fsp3) is 0.357. The molecule has 3 rings (SSSR count). The lowest BCUT2D eigenvalue weighted by atomic mass is 10.1. The number of hydrogen-bond acceptors (Lipinski definition) is 4. The average molecular weight is 273 g/mol. The number of benzene rings is 1. The molecular weight excluding hydrogens is 258 g/mol. The molecule has 1 aliphatic rings. The number of fused-ring (bicyclic) bond motifs is 1. The lowest BCUT2D eigenvalue weighted by Gasteiger charge is -2.13. The Morgan fingerprint density at radius 3 is 2.90 bits per heavy atom. The van der Waals surface area contributed by atoms with Crippen LogP contribution in [0.3, 0.4) is 0 Å². The monoisotopic (exact) mass is 273 g/mol. The van der Waals surface area contributed by atoms with E-state index < -0.39 is 4.92 Å². The van der Waals surface area contributed by atoms with Gasteiger partial charge in [0, 0.05) is 24.8 Å². The second kappa shape index (κ2) is 5.05. The molecule has 6 heteroatoms. The first-order valence-electron chi connectivity index (χ1n) is 6.67. The Hall–Kier alpha value is -2.21. The number of pyridine rings is 1. The summed E-state index contributed by atoms with van der Waals surface area (Å²) >= 11 is 0. The number of rotatable bonds is 3. The Morgan fingerprint density at radius 2 is 2.20 bits per heavy atom. The molecule has 0 saturated carbocycles. The fourth-order valence-corrected chi connectivity index (χ4v) is 2.75. The summed E-state index contributed by atoms with van der Waals surface area (Å²) in [5.74, 6) is 0. The number of nitrogens with zero attached hydrogens (tertiary/aromatic N) is 2. The van der Waals surface area contributed by atoms with E-state index in [0.717, 1.165) is 19.4 Å². The Labute approximate surface area is 115 Å². The van der Waals surface area contributed by atoms with E-state index >= 15 is 0 Å². The second-order valence-electron chi connectivity index (χ2n) is 5.06. The predicted molar refractivity (Wildman–Crippen MR) is 75.9 cm³/mol. The maximum absolute atomic E-state index is 12.4. The topological polar surface area (TPSA) is 77.2 Å². The zero-order valence-corrected chi connectivity index (χ0v) is 10.9. The van der Waals surface area contributed by atoms with Gasteiger partial charge < -0.3 is 9.88 Å². The minimum absolute atomic E-state index is 0.0225. The molecule has 6 nitrogen and oxygen atoms in total. The Kier molecular flexibility index (Phi) is 3.23. The lowest BCUT2D eigenvalue weighted by molar-refractivity contribution is -0.383. The molecule has 1 fully saturated rings. The second-order valence-corrected chi connectivity index (χ2v) is 5.06. The van der Waals surface area contributed by atoms with Crippen LogP contribution < -0.4 is 10.9 Å². The molecule has 20 heavy (non-hydrogen) atoms. The number of nitro benzene ring substituents is 1. The average Bonchev–Trinajstić information content (AvgIpc) is 2.94. The SMILES string of the molecule is O=c1c2cccc([N+](=O)[O-])c2ccn1C[C@@H]1CCCN1. The quantitative estimate of drug-likeness (QED) is 0.681. The summed E-state index contributed by atoms with van der Waals surface area (Å²) in [6.07, 6.45) is 3.83. The van der Waals surface area contributed by atoms with Crippen LogP contribution in [0.5, 0.6) is 0 Å². The van der Waals surface area contributed by atoms with Gasteiger partial charge in [0.1, 0.15) is 0 Å². The normalized spacial score (nSPS) is 18.5. The van der Waals surface area contributed by atoms with Crippen LogP contribution in [0.4, 0.5) is 5.69 Å². The highest BCUT2D eigenvalue weighted by Gasteiger charge is 2.17. The molecule has 2 aromatic rings. The Bertz CT molecular complexity index is 717. The molecule has 1 aromatic heterocycles. The van der Waals surface area contributed by atoms with Crippen molar-refractivity contribution in [1.82, 2.24) is 9.88 Å². The highest BCUT2D eigenvalue weighted by molar-refractivity contribution is 5.89. The van der Waals surface area contributed by atoms with Gasteiger partial charge in [0.2, 0.25) is 0 Å². The van der Waals surface area contributed by atoms with Crippen molar-refractivity contribution >= 4 is 16.5 Å². The van der Waals surface area contributed by atoms with E-state index in [1.54, 1.807) is 29.0 Å². The molecule has 1 aromatic carbocycles. The van der Waals surface area contributed by atoms with E-state index in [0.29, 0.717) is 23.4 Å². The Balaban J connectivity index is 2.06. The molecule has 1 N–H and O–H groups in total. The smallest absolute Gasteiger partial charge is 0.277 e. The van der Waals surface area contributed by atoms with Crippen molar-refractivity contribution in [3.05, 3.63) is 50.9 Å². The van der Waals surface area contributed by atoms with Gasteiger partial charge in [-0.05, 0) is 31.5 Å². The van der Waals surface area contributed by atoms with Crippen molar-refractivity contribution < 1.29 is 4.92 Å². The van der Waals surface area contributed by atoms with Crippen LogP contribution in [-0.4, -0.2) is 22.1 Å². The largest absolute Gasteiger partial charge is 0.313 e. The number of nitrogens with one attached hydrogen (secondary N) is 1. The van der Waals surface area contributed by atoms with Gasteiger partial charge in [-0.25, -0.2) is 0 Å². The molecule has 0 bridgehead atoms. The molecule has 0 unspecified atom stereocenters. The summed E-state index contributed by atoms with van der Waals surface area (Å²) in [7, 11) is 0. The van der Waals surface area contributed by atoms with Gasteiger partial charge in [-0.15, -0.1) is 0 Å². The number of nitro groups is 1. The van der Waals surface area contributed by atoms with Crippen LogP contribution in [0.15, 0.2) is 35.3 Å². The molecular formula is C14H15N3O3. The van der Waals surface area contributed by atoms with Crippen molar-refractivity contribution in [3.8, 4) is 0 Å². The molecule has 0 radical (unpaired) electrons. The third kappa shape index (κ3) is 2.18. The van der Waals surface area contributed by atoms with Crippen molar-refractivity contribution in [2.75, 3.05) is 6.54 Å². The molecule has 0 amide bonds. The zero-order valence-electron chi connectivity index (χ0n) is 10.9. The van der Waals surface area contributed by atoms with E-state index in [1.807, 2.05) is 0 Å². The molecule has 1 saturated heterocycles. The number of aromatic nitrogens is 1. The van der Waals surface area contributed by atoms with Crippen LogP contribution in [0, 0.1) is 10.1 Å². The summed E-state index contributed by atoms with van der Waals surface area (Å²) in [6.45, 7) is 1.59. The fourth-order valence-electron chi connectivity index (χ4n) is 2.75. The first kappa shape index (κ1) is 12.8. The first-order valence-corrected chi connectivity index (χ1v) is 6.67. The van der Waals surface area contributed by atoms with E-state index in [1.165, 1.54) is 6.07 Å². The maximum atomic E-state index is 12.4. The predicted octanol–water partition coefficient (Wildman–Crippen LogP) is 1.66. The molecule has 1 aliphatic heterocycles. The maximum Gasteiger partial charge on any atom is 0.277 e. The minimum Gasteiger partial charge on any atom is -0.313 e. The van der Waals surface area contributed by atoms with E-state index in [2.05, 4.69) is 5.32 Å². The lowest BCUT2D eigenvalue weighted by Crippen LogP contribution is -2.32. The van der Waals surface area contributed by atoms with Crippen molar-refractivity contribution in [3.63, 3.8) is 0 Å². The molecule has 0 spiro atoms. The molecule has 2 heterocycles. The Morgan fingerprint density at radius 1 is 1.35 bits per heavy atom. The highest BCUT2D eigenvalue weighted by atomic mass is 16.6. The van der Waals surface area contributed by atoms with E-state index in [4.69, 9.17) is 0 Å². The van der Waals surface area contributed by atoms with Gasteiger partial charge in [0.05, 0.1) is 15.7 Å². The van der Waals surface area contributed by atoms with Crippen molar-refractivity contribution in [2.24, 2.45) is 0 Å². The van der Waals surface area contributed by atoms with Crippen molar-refractivity contribution in [1.29, 1.82) is 0 Å². The number of non-ortho nitro benzene ring substituents is 1. The standard InChI is InChI=1S/C14H15N3O3/c18-14-12-4-1-5-13(17(19)20)11(12)6-8-16(14)9-10-3-2-7-15-10/h1,4-6,8,10,15H,2-3,7,9H2/t10-/m0/s1. The zero-order chi connectivity index (χ0) is 14.1. The molecule has 0 aliphatic carbocycles. The summed E-state index contributed by atoms with van der Waals surface area (Å²) < 4.78 is 1.63. The van der Waals surface area contributed by atoms with Crippen LogP contribution in [0.2, 0.25) is 0 Å². The molecule has 104 valence electrons. The van der Waals surface area contributed by atoms with E-state index in [9.17, 15) is 14.9 Å². The number of hydrogen-bond donors (Lipinski definition) is 1. The summed E-state index contributed by atoms with van der Waals surface area (Å²) in [5, 5.41) is 15.1. The van der Waals surface area contributed by atoms with Crippen molar-refractivity contribution in [2.45, 2.75) is 25.4 Å². The van der Waals surface area contributed by atoms with Gasteiger partial charge in [0.25, 0.3) is 11.2 Å². The van der Waals surface area contributed by atoms with Gasteiger partial charge in [-0.3, -0.25) is 14.9 Å². The van der Waals surface area contributed by atoms with Crippen LogP contribution in [0.1, 0.15) is 12.8 Å².